The lowest BCUT2D eigenvalue weighted by molar-refractivity contribution is 0.102. The molecule has 1 aromatic carbocycles. The average Bonchev–Trinajstić information content (AvgIpc) is 3.19. The Kier molecular flexibility index (Phi) is 5.34. The molecule has 2 heterocycles. The van der Waals surface area contributed by atoms with Gasteiger partial charge in [0, 0.05) is 17.8 Å². The molecule has 0 saturated carbocycles. The standard InChI is InChI=1S/C17H20ClN7O/c1-12-16(21-22-25(12)15-6-4-5-13(18)9-15)17(26)20-14-10-19-24(11-14)8-7-23(2)3/h4-6,9-11H,7-8H2,1-3H3,(H,20,26). The van der Waals surface area contributed by atoms with Gasteiger partial charge < -0.3 is 10.2 Å². The van der Waals surface area contributed by atoms with E-state index in [1.54, 1.807) is 40.8 Å². The molecule has 3 aromatic rings. The molecular weight excluding hydrogens is 354 g/mol. The van der Waals surface area contributed by atoms with Crippen LogP contribution < -0.4 is 5.32 Å². The highest BCUT2D eigenvalue weighted by Gasteiger charge is 2.18. The van der Waals surface area contributed by atoms with Crippen molar-refractivity contribution in [1.29, 1.82) is 0 Å². The predicted octanol–water partition coefficient (Wildman–Crippen LogP) is 2.24. The Hall–Kier alpha value is -2.71. The van der Waals surface area contributed by atoms with Gasteiger partial charge in [-0.1, -0.05) is 22.9 Å². The first-order valence-corrected chi connectivity index (χ1v) is 8.48. The highest BCUT2D eigenvalue weighted by molar-refractivity contribution is 6.30. The number of hydrogen-bond donors (Lipinski definition) is 1. The second-order valence-corrected chi connectivity index (χ2v) is 6.60. The van der Waals surface area contributed by atoms with Gasteiger partial charge in [0.15, 0.2) is 5.69 Å². The highest BCUT2D eigenvalue weighted by atomic mass is 35.5. The fourth-order valence-electron chi connectivity index (χ4n) is 2.44. The summed E-state index contributed by atoms with van der Waals surface area (Å²) >= 11 is 6.02. The quantitative estimate of drug-likeness (QED) is 0.716. The monoisotopic (exact) mass is 373 g/mol. The Morgan fingerprint density at radius 1 is 1.35 bits per heavy atom. The summed E-state index contributed by atoms with van der Waals surface area (Å²) in [6, 6.07) is 7.21. The van der Waals surface area contributed by atoms with E-state index in [1.807, 2.05) is 26.2 Å². The summed E-state index contributed by atoms with van der Waals surface area (Å²) in [4.78, 5) is 14.6. The Labute approximate surface area is 156 Å². The summed E-state index contributed by atoms with van der Waals surface area (Å²) in [7, 11) is 4.00. The third-order valence-electron chi connectivity index (χ3n) is 3.83. The number of carbonyl (C=O) groups excluding carboxylic acids is 1. The van der Waals surface area contributed by atoms with E-state index in [0.29, 0.717) is 16.4 Å². The van der Waals surface area contributed by atoms with E-state index in [4.69, 9.17) is 11.6 Å². The SMILES string of the molecule is Cc1c(C(=O)Nc2cnn(CCN(C)C)c2)nnn1-c1cccc(Cl)c1. The van der Waals surface area contributed by atoms with Crippen molar-refractivity contribution in [1.82, 2.24) is 29.7 Å². The maximum atomic E-state index is 12.5. The summed E-state index contributed by atoms with van der Waals surface area (Å²) in [5.41, 5.74) is 2.25. The lowest BCUT2D eigenvalue weighted by Crippen LogP contribution is -2.18. The Morgan fingerprint density at radius 3 is 2.88 bits per heavy atom. The van der Waals surface area contributed by atoms with Gasteiger partial charge in [0.1, 0.15) is 0 Å². The first kappa shape index (κ1) is 18.1. The van der Waals surface area contributed by atoms with Gasteiger partial charge in [-0.25, -0.2) is 4.68 Å². The maximum Gasteiger partial charge on any atom is 0.278 e. The van der Waals surface area contributed by atoms with Crippen LogP contribution in [0.3, 0.4) is 0 Å². The van der Waals surface area contributed by atoms with Gasteiger partial charge in [-0.05, 0) is 39.2 Å². The van der Waals surface area contributed by atoms with Crippen LogP contribution in [-0.4, -0.2) is 56.2 Å². The van der Waals surface area contributed by atoms with Crippen LogP contribution in [0.2, 0.25) is 5.02 Å². The van der Waals surface area contributed by atoms with Crippen LogP contribution in [0.4, 0.5) is 5.69 Å². The molecule has 136 valence electrons. The van der Waals surface area contributed by atoms with Crippen molar-refractivity contribution in [2.75, 3.05) is 26.0 Å². The van der Waals surface area contributed by atoms with Crippen LogP contribution in [0.1, 0.15) is 16.2 Å². The molecule has 1 amide bonds. The van der Waals surface area contributed by atoms with Gasteiger partial charge >= 0.3 is 0 Å². The molecule has 3 rings (SSSR count). The molecule has 0 aliphatic carbocycles. The number of nitrogens with one attached hydrogen (secondary N) is 1. The molecule has 0 unspecified atom stereocenters. The van der Waals surface area contributed by atoms with Crippen molar-refractivity contribution in [2.24, 2.45) is 0 Å². The van der Waals surface area contributed by atoms with E-state index in [9.17, 15) is 4.79 Å². The van der Waals surface area contributed by atoms with Crippen LogP contribution in [0.15, 0.2) is 36.7 Å². The first-order chi connectivity index (χ1) is 12.4. The molecule has 0 aliphatic heterocycles. The number of hydrogen-bond acceptors (Lipinski definition) is 5. The third-order valence-corrected chi connectivity index (χ3v) is 4.06. The smallest absolute Gasteiger partial charge is 0.278 e. The minimum atomic E-state index is -0.331. The number of anilines is 1. The van der Waals surface area contributed by atoms with Gasteiger partial charge in [-0.2, -0.15) is 5.10 Å². The minimum absolute atomic E-state index is 0.256. The van der Waals surface area contributed by atoms with E-state index >= 15 is 0 Å². The molecule has 1 N–H and O–H groups in total. The predicted molar refractivity (Wildman–Crippen MR) is 99.8 cm³/mol. The molecule has 2 aromatic heterocycles. The molecular formula is C17H20ClN7O. The minimum Gasteiger partial charge on any atom is -0.318 e. The van der Waals surface area contributed by atoms with Crippen molar-refractivity contribution < 1.29 is 4.79 Å². The number of carbonyl (C=O) groups is 1. The summed E-state index contributed by atoms with van der Waals surface area (Å²) in [5.74, 6) is -0.331. The van der Waals surface area contributed by atoms with Crippen molar-refractivity contribution in [2.45, 2.75) is 13.5 Å². The molecule has 0 radical (unpaired) electrons. The van der Waals surface area contributed by atoms with Gasteiger partial charge in [0.25, 0.3) is 5.91 Å². The van der Waals surface area contributed by atoms with E-state index in [0.717, 1.165) is 18.8 Å². The highest BCUT2D eigenvalue weighted by Crippen LogP contribution is 2.17. The van der Waals surface area contributed by atoms with Gasteiger partial charge in [-0.3, -0.25) is 9.48 Å². The van der Waals surface area contributed by atoms with Crippen molar-refractivity contribution in [3.05, 3.63) is 53.1 Å². The Balaban J connectivity index is 1.73. The van der Waals surface area contributed by atoms with Crippen LogP contribution >= 0.6 is 11.6 Å². The summed E-state index contributed by atoms with van der Waals surface area (Å²) < 4.78 is 3.37. The maximum absolute atomic E-state index is 12.5. The third kappa shape index (κ3) is 4.09. The number of likely N-dealkylation sites (N-methyl/N-ethyl adjacent to an activating group) is 1. The molecule has 8 nitrogen and oxygen atoms in total. The van der Waals surface area contributed by atoms with Crippen molar-refractivity contribution in [3.8, 4) is 5.69 Å². The first-order valence-electron chi connectivity index (χ1n) is 8.11. The largest absolute Gasteiger partial charge is 0.318 e. The molecule has 0 bridgehead atoms. The molecule has 0 saturated heterocycles. The van der Waals surface area contributed by atoms with E-state index in [-0.39, 0.29) is 11.6 Å². The number of amides is 1. The lowest BCUT2D eigenvalue weighted by Gasteiger charge is -2.08. The molecule has 0 atom stereocenters. The zero-order valence-corrected chi connectivity index (χ0v) is 15.6. The van der Waals surface area contributed by atoms with Crippen LogP contribution in [0.5, 0.6) is 0 Å². The van der Waals surface area contributed by atoms with Crippen LogP contribution in [-0.2, 0) is 6.54 Å². The summed E-state index contributed by atoms with van der Waals surface area (Å²) in [6.45, 7) is 3.39. The van der Waals surface area contributed by atoms with E-state index < -0.39 is 0 Å². The average molecular weight is 374 g/mol. The number of benzene rings is 1. The Morgan fingerprint density at radius 2 is 2.15 bits per heavy atom. The molecule has 0 fully saturated rings. The zero-order chi connectivity index (χ0) is 18.7. The topological polar surface area (TPSA) is 80.9 Å². The zero-order valence-electron chi connectivity index (χ0n) is 14.8. The normalized spacial score (nSPS) is 11.1. The van der Waals surface area contributed by atoms with E-state index in [1.165, 1.54) is 0 Å². The van der Waals surface area contributed by atoms with Crippen molar-refractivity contribution >= 4 is 23.2 Å². The number of aromatic nitrogens is 5. The fraction of sp³-hybridized carbons (Fsp3) is 0.294. The lowest BCUT2D eigenvalue weighted by atomic mass is 10.3. The second-order valence-electron chi connectivity index (χ2n) is 6.16. The van der Waals surface area contributed by atoms with Gasteiger partial charge in [0.05, 0.1) is 29.8 Å². The van der Waals surface area contributed by atoms with Crippen LogP contribution in [0, 0.1) is 6.92 Å². The van der Waals surface area contributed by atoms with E-state index in [2.05, 4.69) is 25.6 Å². The number of halogens is 1. The number of nitrogens with zero attached hydrogens (tertiary/aromatic N) is 6. The second kappa shape index (κ2) is 7.67. The molecule has 9 heteroatoms. The van der Waals surface area contributed by atoms with Gasteiger partial charge in [0.2, 0.25) is 0 Å². The fourth-order valence-corrected chi connectivity index (χ4v) is 2.62. The van der Waals surface area contributed by atoms with Crippen LogP contribution in [0.25, 0.3) is 5.69 Å². The molecule has 26 heavy (non-hydrogen) atoms. The van der Waals surface area contributed by atoms with Crippen molar-refractivity contribution in [3.63, 3.8) is 0 Å². The Bertz CT molecular complexity index is 915. The molecule has 0 aliphatic rings. The summed E-state index contributed by atoms with van der Waals surface area (Å²) in [5, 5.41) is 15.7. The molecule has 0 spiro atoms. The number of rotatable bonds is 6. The summed E-state index contributed by atoms with van der Waals surface area (Å²) in [6.07, 6.45) is 3.41. The van der Waals surface area contributed by atoms with Gasteiger partial charge in [-0.15, -0.1) is 5.10 Å².